The molecule has 2 aromatic carbocycles. The molecule has 0 atom stereocenters. The Labute approximate surface area is 185 Å². The Morgan fingerprint density at radius 3 is 2.35 bits per heavy atom. The highest BCUT2D eigenvalue weighted by molar-refractivity contribution is 7.89. The van der Waals surface area contributed by atoms with Crippen molar-refractivity contribution in [2.24, 2.45) is 0 Å². The van der Waals surface area contributed by atoms with Crippen LogP contribution in [0.1, 0.15) is 22.8 Å². The Hall–Kier alpha value is -3.01. The number of anilines is 1. The summed E-state index contributed by atoms with van der Waals surface area (Å²) in [6.45, 7) is 3.26. The third-order valence-corrected chi connectivity index (χ3v) is 6.81. The first-order valence-electron chi connectivity index (χ1n) is 9.52. The quantitative estimate of drug-likeness (QED) is 0.500. The van der Waals surface area contributed by atoms with Crippen molar-refractivity contribution in [3.8, 4) is 10.4 Å². The number of hydrogen-bond acceptors (Lipinski definition) is 6. The van der Waals surface area contributed by atoms with E-state index in [-0.39, 0.29) is 17.1 Å². The highest BCUT2D eigenvalue weighted by atomic mass is 32.2. The molecule has 1 aromatic heterocycles. The molecule has 0 saturated carbocycles. The molecule has 7 nitrogen and oxygen atoms in total. The number of esters is 1. The van der Waals surface area contributed by atoms with Gasteiger partial charge in [-0.2, -0.15) is 0 Å². The van der Waals surface area contributed by atoms with Crippen LogP contribution in [-0.4, -0.2) is 33.4 Å². The van der Waals surface area contributed by atoms with Crippen LogP contribution in [0.4, 0.5) is 5.00 Å². The normalized spacial score (nSPS) is 11.2. The highest BCUT2D eigenvalue weighted by Crippen LogP contribution is 2.35. The van der Waals surface area contributed by atoms with E-state index in [1.165, 1.54) is 23.5 Å². The van der Waals surface area contributed by atoms with Crippen molar-refractivity contribution >= 4 is 38.2 Å². The fourth-order valence-electron chi connectivity index (χ4n) is 2.72. The van der Waals surface area contributed by atoms with Gasteiger partial charge in [0.05, 0.1) is 23.6 Å². The number of rotatable bonds is 8. The first kappa shape index (κ1) is 22.7. The molecule has 9 heteroatoms. The van der Waals surface area contributed by atoms with Crippen LogP contribution in [0.25, 0.3) is 10.4 Å². The molecule has 0 bridgehead atoms. The lowest BCUT2D eigenvalue weighted by Crippen LogP contribution is -2.33. The summed E-state index contributed by atoms with van der Waals surface area (Å²) in [6, 6.07) is 17.4. The summed E-state index contributed by atoms with van der Waals surface area (Å²) in [6.07, 6.45) is 0. The second-order valence-corrected chi connectivity index (χ2v) is 9.44. The zero-order valence-corrected chi connectivity index (χ0v) is 18.7. The van der Waals surface area contributed by atoms with Crippen molar-refractivity contribution in [3.63, 3.8) is 0 Å². The van der Waals surface area contributed by atoms with E-state index >= 15 is 0 Å². The zero-order chi connectivity index (χ0) is 22.4. The van der Waals surface area contributed by atoms with Crippen molar-refractivity contribution in [1.29, 1.82) is 0 Å². The number of ether oxygens (including phenoxy) is 1. The maximum absolute atomic E-state index is 12.4. The van der Waals surface area contributed by atoms with Gasteiger partial charge in [0, 0.05) is 4.88 Å². The van der Waals surface area contributed by atoms with Gasteiger partial charge in [-0.15, -0.1) is 11.3 Å². The van der Waals surface area contributed by atoms with Gasteiger partial charge >= 0.3 is 5.97 Å². The standard InChI is InChI=1S/C22H22N2O5S2/c1-3-29-22(26)18-13-19(16-7-5-4-6-8-16)30-21(18)24-20(25)14-23-31(27,28)17-11-9-15(2)10-12-17/h4-13,23H,3,14H2,1-2H3,(H,24,25). The molecule has 0 aliphatic carbocycles. The molecule has 2 N–H and O–H groups in total. The molecule has 0 fully saturated rings. The van der Waals surface area contributed by atoms with Gasteiger partial charge in [0.1, 0.15) is 5.00 Å². The topological polar surface area (TPSA) is 102 Å². The molecule has 0 unspecified atom stereocenters. The Morgan fingerprint density at radius 2 is 1.71 bits per heavy atom. The lowest BCUT2D eigenvalue weighted by Gasteiger charge is -2.08. The summed E-state index contributed by atoms with van der Waals surface area (Å²) in [5.74, 6) is -1.15. The molecule has 0 aliphatic heterocycles. The van der Waals surface area contributed by atoms with Crippen LogP contribution in [0.2, 0.25) is 0 Å². The number of carbonyl (C=O) groups is 2. The van der Waals surface area contributed by atoms with Crippen LogP contribution in [0, 0.1) is 6.92 Å². The molecular formula is C22H22N2O5S2. The number of sulfonamides is 1. The second-order valence-electron chi connectivity index (χ2n) is 6.63. The van der Waals surface area contributed by atoms with E-state index in [0.29, 0.717) is 5.00 Å². The summed E-state index contributed by atoms with van der Waals surface area (Å²) in [5, 5.41) is 2.93. The second kappa shape index (κ2) is 9.86. The summed E-state index contributed by atoms with van der Waals surface area (Å²) >= 11 is 1.22. The Bertz CT molecular complexity index is 1170. The fraction of sp³-hybridized carbons (Fsp3) is 0.182. The predicted molar refractivity (Wildman–Crippen MR) is 121 cm³/mol. The summed E-state index contributed by atoms with van der Waals surface area (Å²) in [7, 11) is -3.84. The molecule has 3 rings (SSSR count). The van der Waals surface area contributed by atoms with Crippen molar-refractivity contribution in [1.82, 2.24) is 4.72 Å². The summed E-state index contributed by atoms with van der Waals surface area (Å²) < 4.78 is 32.1. The molecule has 31 heavy (non-hydrogen) atoms. The first-order valence-corrected chi connectivity index (χ1v) is 11.8. The average Bonchev–Trinajstić information content (AvgIpc) is 3.17. The Balaban J connectivity index is 1.76. The van der Waals surface area contributed by atoms with E-state index < -0.39 is 28.4 Å². The minimum absolute atomic E-state index is 0.0700. The SMILES string of the molecule is CCOC(=O)c1cc(-c2ccccc2)sc1NC(=O)CNS(=O)(=O)c1ccc(C)cc1. The molecule has 0 saturated heterocycles. The number of aryl methyl sites for hydroxylation is 1. The zero-order valence-electron chi connectivity index (χ0n) is 17.0. The van der Waals surface area contributed by atoms with Crippen LogP contribution in [0.5, 0.6) is 0 Å². The van der Waals surface area contributed by atoms with Gasteiger partial charge in [0.25, 0.3) is 0 Å². The van der Waals surface area contributed by atoms with Gasteiger partial charge < -0.3 is 10.1 Å². The lowest BCUT2D eigenvalue weighted by atomic mass is 10.1. The van der Waals surface area contributed by atoms with E-state index in [2.05, 4.69) is 10.0 Å². The maximum atomic E-state index is 12.4. The van der Waals surface area contributed by atoms with E-state index in [1.54, 1.807) is 25.1 Å². The number of carbonyl (C=O) groups excluding carboxylic acids is 2. The average molecular weight is 459 g/mol. The van der Waals surface area contributed by atoms with E-state index in [1.807, 2.05) is 37.3 Å². The van der Waals surface area contributed by atoms with Gasteiger partial charge in [-0.05, 0) is 37.6 Å². The van der Waals surface area contributed by atoms with Crippen molar-refractivity contribution < 1.29 is 22.7 Å². The number of thiophene rings is 1. The number of amides is 1. The minimum Gasteiger partial charge on any atom is -0.462 e. The summed E-state index contributed by atoms with van der Waals surface area (Å²) in [5.41, 5.74) is 2.04. The van der Waals surface area contributed by atoms with Gasteiger partial charge in [0.15, 0.2) is 0 Å². The van der Waals surface area contributed by atoms with E-state index in [9.17, 15) is 18.0 Å². The minimum atomic E-state index is -3.84. The molecule has 1 amide bonds. The molecule has 3 aromatic rings. The Morgan fingerprint density at radius 1 is 1.03 bits per heavy atom. The van der Waals surface area contributed by atoms with Crippen LogP contribution in [0.3, 0.4) is 0 Å². The van der Waals surface area contributed by atoms with Gasteiger partial charge in [0.2, 0.25) is 15.9 Å². The molecule has 0 aliphatic rings. The third kappa shape index (κ3) is 5.78. The van der Waals surface area contributed by atoms with Crippen LogP contribution >= 0.6 is 11.3 Å². The van der Waals surface area contributed by atoms with Crippen LogP contribution in [-0.2, 0) is 19.6 Å². The van der Waals surface area contributed by atoms with Crippen molar-refractivity contribution in [2.45, 2.75) is 18.7 Å². The first-order chi connectivity index (χ1) is 14.8. The fourth-order valence-corrected chi connectivity index (χ4v) is 4.77. The number of nitrogens with one attached hydrogen (secondary N) is 2. The van der Waals surface area contributed by atoms with Crippen LogP contribution in [0.15, 0.2) is 65.6 Å². The van der Waals surface area contributed by atoms with Crippen molar-refractivity contribution in [3.05, 3.63) is 71.8 Å². The van der Waals surface area contributed by atoms with E-state index in [4.69, 9.17) is 4.74 Å². The van der Waals surface area contributed by atoms with Crippen molar-refractivity contribution in [2.75, 3.05) is 18.5 Å². The van der Waals surface area contributed by atoms with Gasteiger partial charge in [-0.25, -0.2) is 17.9 Å². The van der Waals surface area contributed by atoms with Crippen LogP contribution < -0.4 is 10.0 Å². The smallest absolute Gasteiger partial charge is 0.341 e. The lowest BCUT2D eigenvalue weighted by molar-refractivity contribution is -0.115. The third-order valence-electron chi connectivity index (χ3n) is 4.29. The predicted octanol–water partition coefficient (Wildman–Crippen LogP) is 3.82. The largest absolute Gasteiger partial charge is 0.462 e. The monoisotopic (exact) mass is 458 g/mol. The summed E-state index contributed by atoms with van der Waals surface area (Å²) in [4.78, 5) is 25.6. The highest BCUT2D eigenvalue weighted by Gasteiger charge is 2.21. The number of benzene rings is 2. The maximum Gasteiger partial charge on any atom is 0.341 e. The van der Waals surface area contributed by atoms with E-state index in [0.717, 1.165) is 16.0 Å². The Kier molecular flexibility index (Phi) is 7.21. The van der Waals surface area contributed by atoms with Gasteiger partial charge in [-0.3, -0.25) is 4.79 Å². The number of hydrogen-bond donors (Lipinski definition) is 2. The molecule has 162 valence electrons. The molecular weight excluding hydrogens is 436 g/mol. The molecule has 0 spiro atoms. The molecule has 1 heterocycles. The molecule has 0 radical (unpaired) electrons. The van der Waals surface area contributed by atoms with Gasteiger partial charge in [-0.1, -0.05) is 48.0 Å².